The number of carbonyl (C=O) groups excluding carboxylic acids is 1. The molecule has 2 nitrogen and oxygen atoms in total. The van der Waals surface area contributed by atoms with Gasteiger partial charge < -0.3 is 4.74 Å². The predicted octanol–water partition coefficient (Wildman–Crippen LogP) is 13.3. The lowest BCUT2D eigenvalue weighted by Gasteiger charge is -2.20. The van der Waals surface area contributed by atoms with E-state index in [1.807, 2.05) is 34.6 Å². The summed E-state index contributed by atoms with van der Waals surface area (Å²) in [5.41, 5.74) is 6.79. The summed E-state index contributed by atoms with van der Waals surface area (Å²) in [4.78, 5) is 13.4. The topological polar surface area (TPSA) is 26.3 Å². The summed E-state index contributed by atoms with van der Waals surface area (Å²) in [5, 5.41) is 0. The number of ketones is 1. The van der Waals surface area contributed by atoms with Crippen molar-refractivity contribution in [3.63, 3.8) is 0 Å². The molecule has 1 aliphatic carbocycles. The molecule has 3 unspecified atom stereocenters. The molecular formula is C42H72O2. The molecule has 0 saturated heterocycles. The Balaban J connectivity index is 0. The standard InChI is InChI=1S/C30H46O.C8H14O.2C2H6/c1-9-12-15-25(8)30(31)29-21-27(28(22(4)5)18-13-10-2)20-19-26(29)17-14-16-24(7)23(6)11-3;1-7-3-4-8(5-7)6-9-2;2*1-2/h14-16,19-21,23-24,28H,4,9-13,17-18H2,1-3,5-8H3;3,8H,4-6H2,1-2H3;2*1-2H3/b16-14-,25-15+;;;/t23?,24?,28-;;;/m0.../s1. The number of rotatable bonds is 16. The zero-order chi connectivity index (χ0) is 34.1. The molecule has 1 aromatic rings. The van der Waals surface area contributed by atoms with Crippen LogP contribution in [-0.4, -0.2) is 19.5 Å². The van der Waals surface area contributed by atoms with Crippen molar-refractivity contribution in [3.8, 4) is 0 Å². The maximum absolute atomic E-state index is 13.4. The summed E-state index contributed by atoms with van der Waals surface area (Å²) < 4.78 is 5.04. The second-order valence-electron chi connectivity index (χ2n) is 12.2. The third-order valence-electron chi connectivity index (χ3n) is 8.45. The molecule has 0 amide bonds. The normalized spacial score (nSPS) is 16.3. The van der Waals surface area contributed by atoms with Crippen LogP contribution in [0.25, 0.3) is 0 Å². The molecule has 0 spiro atoms. The van der Waals surface area contributed by atoms with Crippen molar-refractivity contribution in [1.29, 1.82) is 0 Å². The van der Waals surface area contributed by atoms with E-state index in [0.29, 0.717) is 17.8 Å². The van der Waals surface area contributed by atoms with E-state index < -0.39 is 0 Å². The first-order valence-corrected chi connectivity index (χ1v) is 17.9. The van der Waals surface area contributed by atoms with Crippen molar-refractivity contribution in [2.24, 2.45) is 17.8 Å². The summed E-state index contributed by atoms with van der Waals surface area (Å²) in [7, 11) is 1.77. The summed E-state index contributed by atoms with van der Waals surface area (Å²) in [6.45, 7) is 30.6. The minimum absolute atomic E-state index is 0.171. The number of hydrogen-bond donors (Lipinski definition) is 0. The lowest BCUT2D eigenvalue weighted by molar-refractivity contribution is 0.103. The number of Topliss-reactive ketones (excluding diaryl/α,β-unsaturated/α-hetero) is 1. The second kappa shape index (κ2) is 27.1. The fourth-order valence-corrected chi connectivity index (χ4v) is 5.30. The molecule has 4 atom stereocenters. The van der Waals surface area contributed by atoms with Crippen LogP contribution in [0.4, 0.5) is 0 Å². The van der Waals surface area contributed by atoms with Crippen LogP contribution in [0, 0.1) is 17.8 Å². The first-order valence-electron chi connectivity index (χ1n) is 17.9. The fourth-order valence-electron chi connectivity index (χ4n) is 5.30. The van der Waals surface area contributed by atoms with Gasteiger partial charge in [0.25, 0.3) is 0 Å². The Kier molecular flexibility index (Phi) is 27.1. The zero-order valence-corrected chi connectivity index (χ0v) is 31.4. The van der Waals surface area contributed by atoms with Gasteiger partial charge in [0.15, 0.2) is 5.78 Å². The minimum Gasteiger partial charge on any atom is -0.384 e. The molecule has 0 fully saturated rings. The van der Waals surface area contributed by atoms with Gasteiger partial charge >= 0.3 is 0 Å². The van der Waals surface area contributed by atoms with Crippen molar-refractivity contribution in [2.45, 2.75) is 147 Å². The van der Waals surface area contributed by atoms with Crippen LogP contribution < -0.4 is 0 Å². The number of benzene rings is 1. The first kappa shape index (κ1) is 43.9. The molecule has 0 aliphatic heterocycles. The summed E-state index contributed by atoms with van der Waals surface area (Å²) in [6.07, 6.45) is 18.9. The highest BCUT2D eigenvalue weighted by molar-refractivity contribution is 6.09. The maximum atomic E-state index is 13.4. The van der Waals surface area contributed by atoms with E-state index in [-0.39, 0.29) is 5.78 Å². The van der Waals surface area contributed by atoms with Crippen LogP contribution in [0.1, 0.15) is 162 Å². The Hall–Kier alpha value is -2.19. The van der Waals surface area contributed by atoms with Crippen molar-refractivity contribution in [1.82, 2.24) is 0 Å². The number of hydrogen-bond acceptors (Lipinski definition) is 2. The quantitative estimate of drug-likeness (QED) is 0.106. The van der Waals surface area contributed by atoms with E-state index in [2.05, 4.69) is 97.5 Å². The van der Waals surface area contributed by atoms with Gasteiger partial charge in [-0.2, -0.15) is 0 Å². The molecule has 44 heavy (non-hydrogen) atoms. The smallest absolute Gasteiger partial charge is 0.188 e. The predicted molar refractivity (Wildman–Crippen MR) is 199 cm³/mol. The Labute approximate surface area is 275 Å². The Morgan fingerprint density at radius 2 is 1.73 bits per heavy atom. The van der Waals surface area contributed by atoms with Gasteiger partial charge in [0.05, 0.1) is 0 Å². The lowest BCUT2D eigenvalue weighted by atomic mass is 9.85. The molecule has 252 valence electrons. The first-order chi connectivity index (χ1) is 21.1. The summed E-state index contributed by atoms with van der Waals surface area (Å²) in [6, 6.07) is 6.55. The Morgan fingerprint density at radius 3 is 2.23 bits per heavy atom. The van der Waals surface area contributed by atoms with Gasteiger partial charge in [-0.05, 0) is 93.4 Å². The summed E-state index contributed by atoms with van der Waals surface area (Å²) in [5.74, 6) is 2.49. The van der Waals surface area contributed by atoms with Gasteiger partial charge in [0.2, 0.25) is 0 Å². The number of methoxy groups -OCH3 is 1. The molecule has 1 aliphatic rings. The van der Waals surface area contributed by atoms with E-state index in [1.165, 1.54) is 48.8 Å². The largest absolute Gasteiger partial charge is 0.384 e. The van der Waals surface area contributed by atoms with E-state index in [1.54, 1.807) is 7.11 Å². The third-order valence-corrected chi connectivity index (χ3v) is 8.45. The molecule has 0 N–H and O–H groups in total. The van der Waals surface area contributed by atoms with Gasteiger partial charge in [-0.1, -0.05) is 142 Å². The van der Waals surface area contributed by atoms with Crippen molar-refractivity contribution < 1.29 is 9.53 Å². The monoisotopic (exact) mass is 609 g/mol. The van der Waals surface area contributed by atoms with Crippen LogP contribution in [0.2, 0.25) is 0 Å². The number of ether oxygens (including phenoxy) is 1. The average Bonchev–Trinajstić information content (AvgIpc) is 3.46. The van der Waals surface area contributed by atoms with E-state index in [0.717, 1.165) is 54.9 Å². The molecule has 0 radical (unpaired) electrons. The zero-order valence-electron chi connectivity index (χ0n) is 31.4. The van der Waals surface area contributed by atoms with Gasteiger partial charge in [-0.15, -0.1) is 0 Å². The lowest BCUT2D eigenvalue weighted by Crippen LogP contribution is -2.09. The molecule has 0 heterocycles. The molecule has 2 heteroatoms. The van der Waals surface area contributed by atoms with Gasteiger partial charge in [0.1, 0.15) is 0 Å². The van der Waals surface area contributed by atoms with Gasteiger partial charge in [-0.25, -0.2) is 0 Å². The van der Waals surface area contributed by atoms with Crippen LogP contribution in [0.15, 0.2) is 65.8 Å². The van der Waals surface area contributed by atoms with Crippen molar-refractivity contribution in [3.05, 3.63) is 82.5 Å². The number of allylic oxidation sites excluding steroid dienone is 7. The van der Waals surface area contributed by atoms with Gasteiger partial charge in [0, 0.05) is 25.2 Å². The van der Waals surface area contributed by atoms with Crippen molar-refractivity contribution in [2.75, 3.05) is 13.7 Å². The summed E-state index contributed by atoms with van der Waals surface area (Å²) >= 11 is 0. The van der Waals surface area contributed by atoms with Crippen LogP contribution in [0.5, 0.6) is 0 Å². The average molecular weight is 609 g/mol. The molecule has 0 aromatic heterocycles. The second-order valence-corrected chi connectivity index (χ2v) is 12.2. The maximum Gasteiger partial charge on any atom is 0.188 e. The fraction of sp³-hybridized carbons (Fsp3) is 0.643. The van der Waals surface area contributed by atoms with Crippen LogP contribution in [0.3, 0.4) is 0 Å². The van der Waals surface area contributed by atoms with Crippen LogP contribution >= 0.6 is 0 Å². The third kappa shape index (κ3) is 17.3. The molecular weight excluding hydrogens is 536 g/mol. The highest BCUT2D eigenvalue weighted by Gasteiger charge is 2.18. The highest BCUT2D eigenvalue weighted by atomic mass is 16.5. The van der Waals surface area contributed by atoms with Gasteiger partial charge in [-0.3, -0.25) is 4.79 Å². The van der Waals surface area contributed by atoms with E-state index in [9.17, 15) is 4.79 Å². The van der Waals surface area contributed by atoms with Crippen LogP contribution in [-0.2, 0) is 11.2 Å². The molecule has 0 bridgehead atoms. The SMILES string of the molecule is C=C(C)[C@H](CCCC)c1ccc(C/C=C\C(C)C(C)CC)c(C(=O)/C(C)=C/CCC)c1.CC.CC.COCC1CC=C(C)C1. The van der Waals surface area contributed by atoms with E-state index in [4.69, 9.17) is 4.74 Å². The minimum atomic E-state index is 0.171. The number of carbonyl (C=O) groups is 1. The van der Waals surface area contributed by atoms with Crippen molar-refractivity contribution >= 4 is 5.78 Å². The van der Waals surface area contributed by atoms with E-state index >= 15 is 0 Å². The Morgan fingerprint density at radius 1 is 1.07 bits per heavy atom. The molecule has 0 saturated carbocycles. The molecule has 2 rings (SSSR count). The number of unbranched alkanes of at least 4 members (excludes halogenated alkanes) is 2. The highest BCUT2D eigenvalue weighted by Crippen LogP contribution is 2.31. The molecule has 1 aromatic carbocycles. The Bertz CT molecular complexity index is 993.